The molecule has 0 aromatic heterocycles. The lowest BCUT2D eigenvalue weighted by Gasteiger charge is -2.33. The van der Waals surface area contributed by atoms with E-state index in [0.717, 1.165) is 25.7 Å². The molecule has 0 N–H and O–H groups in total. The van der Waals surface area contributed by atoms with Gasteiger partial charge < -0.3 is 9.47 Å². The third-order valence-electron chi connectivity index (χ3n) is 5.47. The van der Waals surface area contributed by atoms with Gasteiger partial charge >= 0.3 is 11.9 Å². The van der Waals surface area contributed by atoms with Crippen LogP contribution in [0.25, 0.3) is 0 Å². The molecule has 1 saturated heterocycles. The van der Waals surface area contributed by atoms with Gasteiger partial charge in [0.1, 0.15) is 17.0 Å². The highest BCUT2D eigenvalue weighted by Gasteiger charge is 2.51. The minimum Gasteiger partial charge on any atom is -0.458 e. The van der Waals surface area contributed by atoms with Gasteiger partial charge in [-0.1, -0.05) is 33.7 Å². The van der Waals surface area contributed by atoms with Crippen molar-refractivity contribution in [2.45, 2.75) is 51.2 Å². The number of carbonyl (C=O) groups is 2. The molecule has 0 aromatic rings. The molecule has 3 rings (SSSR count). The van der Waals surface area contributed by atoms with E-state index in [4.69, 9.17) is 9.47 Å². The average Bonchev–Trinajstić information content (AvgIpc) is 2.86. The van der Waals surface area contributed by atoms with Gasteiger partial charge in [-0.25, -0.2) is 4.79 Å². The van der Waals surface area contributed by atoms with Gasteiger partial charge in [-0.3, -0.25) is 4.79 Å². The smallest absolute Gasteiger partial charge is 0.334 e. The fraction of sp³-hybridized carbons (Fsp3) is 0.647. The van der Waals surface area contributed by atoms with Crippen LogP contribution in [0.15, 0.2) is 23.3 Å². The normalized spacial score (nSPS) is 37.5. The molecule has 2 aliphatic carbocycles. The zero-order valence-electron chi connectivity index (χ0n) is 13.0. The van der Waals surface area contributed by atoms with Crippen LogP contribution in [0, 0.1) is 11.8 Å². The van der Waals surface area contributed by atoms with E-state index in [1.54, 1.807) is 0 Å². The van der Waals surface area contributed by atoms with Crippen LogP contribution in [0.5, 0.6) is 0 Å². The quantitative estimate of drug-likeness (QED) is 0.324. The second-order valence-corrected chi connectivity index (χ2v) is 7.35. The predicted octanol–water partition coefficient (Wildman–Crippen LogP) is 3.30. The van der Waals surface area contributed by atoms with Gasteiger partial charge in [0.15, 0.2) is 0 Å². The summed E-state index contributed by atoms with van der Waals surface area (Å²) in [5.41, 5.74) is 2.73. The number of fused-ring (bicyclic) bond motifs is 2. The van der Waals surface area contributed by atoms with Crippen molar-refractivity contribution in [2.75, 3.05) is 5.33 Å². The largest absolute Gasteiger partial charge is 0.458 e. The number of ether oxygens (including phenoxy) is 2. The van der Waals surface area contributed by atoms with Crippen LogP contribution < -0.4 is 0 Å². The van der Waals surface area contributed by atoms with Gasteiger partial charge in [0, 0.05) is 23.8 Å². The first-order valence-corrected chi connectivity index (χ1v) is 8.84. The van der Waals surface area contributed by atoms with Crippen LogP contribution >= 0.6 is 15.9 Å². The van der Waals surface area contributed by atoms with Gasteiger partial charge in [0.2, 0.25) is 0 Å². The highest BCUT2D eigenvalue weighted by molar-refractivity contribution is 9.09. The summed E-state index contributed by atoms with van der Waals surface area (Å²) in [6, 6.07) is 0. The Labute approximate surface area is 139 Å². The van der Waals surface area contributed by atoms with Crippen molar-refractivity contribution in [1.82, 2.24) is 0 Å². The third-order valence-corrected chi connectivity index (χ3v) is 5.92. The number of alkyl halides is 1. The second-order valence-electron chi connectivity index (χ2n) is 6.79. The fourth-order valence-electron chi connectivity index (χ4n) is 4.25. The van der Waals surface area contributed by atoms with Gasteiger partial charge in [0.05, 0.1) is 0 Å². The standard InChI is InChI=1S/C17H21BrO4/c1-9-6-14-12(10(2)16(20)21-14)7-13-11(9)4-5-17(13,3)22-15(19)8-18/h12-14H,2,4-8H2,1,3H3/t12-,13-,14-,17-/m1/s1. The van der Waals surface area contributed by atoms with Gasteiger partial charge in [-0.2, -0.15) is 0 Å². The van der Waals surface area contributed by atoms with Crippen LogP contribution in [0.2, 0.25) is 0 Å². The lowest BCUT2D eigenvalue weighted by atomic mass is 9.80. The van der Waals surface area contributed by atoms with Crippen LogP contribution in [0.1, 0.15) is 39.5 Å². The average molecular weight is 369 g/mol. The third kappa shape index (κ3) is 2.43. The van der Waals surface area contributed by atoms with Gasteiger partial charge in [0.25, 0.3) is 0 Å². The minimum atomic E-state index is -0.498. The van der Waals surface area contributed by atoms with Crippen molar-refractivity contribution in [3.63, 3.8) is 0 Å². The van der Waals surface area contributed by atoms with Crippen molar-refractivity contribution in [3.8, 4) is 0 Å². The Hall–Kier alpha value is -1.10. The SMILES string of the molecule is C=C1C(=O)O[C@@H]2CC(C)=C3CC[C@@](C)(OC(=O)CBr)[C@@H]3C[C@H]12. The molecule has 1 aliphatic heterocycles. The number of halogens is 1. The first kappa shape index (κ1) is 15.8. The van der Waals surface area contributed by atoms with Crippen LogP contribution in [0.3, 0.4) is 0 Å². The molecule has 1 saturated carbocycles. The van der Waals surface area contributed by atoms with E-state index < -0.39 is 5.60 Å². The predicted molar refractivity (Wildman–Crippen MR) is 85.5 cm³/mol. The van der Waals surface area contributed by atoms with Crippen LogP contribution in [-0.2, 0) is 19.1 Å². The minimum absolute atomic E-state index is 0.0325. The van der Waals surface area contributed by atoms with Crippen molar-refractivity contribution in [3.05, 3.63) is 23.3 Å². The summed E-state index contributed by atoms with van der Waals surface area (Å²) in [6.07, 6.45) is 3.22. The Morgan fingerprint density at radius 3 is 2.95 bits per heavy atom. The summed E-state index contributed by atoms with van der Waals surface area (Å²) in [5.74, 6) is -0.329. The Morgan fingerprint density at radius 1 is 1.55 bits per heavy atom. The molecule has 5 heteroatoms. The number of hydrogen-bond acceptors (Lipinski definition) is 4. The molecule has 2 fully saturated rings. The van der Waals surface area contributed by atoms with E-state index in [1.807, 2.05) is 6.92 Å². The summed E-state index contributed by atoms with van der Waals surface area (Å²) in [6.45, 7) is 8.04. The Balaban J connectivity index is 1.92. The lowest BCUT2D eigenvalue weighted by Crippen LogP contribution is -2.37. The Morgan fingerprint density at radius 2 is 2.27 bits per heavy atom. The molecule has 4 atom stereocenters. The molecule has 0 bridgehead atoms. The number of hydrogen-bond donors (Lipinski definition) is 0. The topological polar surface area (TPSA) is 52.6 Å². The van der Waals surface area contributed by atoms with Crippen molar-refractivity contribution >= 4 is 27.9 Å². The maximum Gasteiger partial charge on any atom is 0.334 e. The first-order chi connectivity index (χ1) is 10.4. The number of carbonyl (C=O) groups excluding carboxylic acids is 2. The van der Waals surface area contributed by atoms with E-state index >= 15 is 0 Å². The summed E-state index contributed by atoms with van der Waals surface area (Å²) >= 11 is 3.16. The van der Waals surface area contributed by atoms with Crippen LogP contribution in [0.4, 0.5) is 0 Å². The van der Waals surface area contributed by atoms with Crippen LogP contribution in [-0.4, -0.2) is 29.0 Å². The zero-order valence-corrected chi connectivity index (χ0v) is 14.6. The van der Waals surface area contributed by atoms with E-state index in [0.29, 0.717) is 5.57 Å². The Kier molecular flexibility index (Phi) is 3.96. The Bertz CT molecular complexity index is 579. The molecule has 120 valence electrons. The first-order valence-electron chi connectivity index (χ1n) is 7.72. The molecule has 0 amide bonds. The summed E-state index contributed by atoms with van der Waals surface area (Å²) < 4.78 is 11.2. The molecule has 0 unspecified atom stereocenters. The fourth-order valence-corrected chi connectivity index (χ4v) is 4.36. The highest BCUT2D eigenvalue weighted by atomic mass is 79.9. The molecule has 22 heavy (non-hydrogen) atoms. The van der Waals surface area contributed by atoms with Gasteiger partial charge in [-0.15, -0.1) is 0 Å². The molecule has 1 heterocycles. The van der Waals surface area contributed by atoms with E-state index in [-0.39, 0.29) is 35.2 Å². The molecule has 0 aromatic carbocycles. The zero-order chi connectivity index (χ0) is 16.1. The summed E-state index contributed by atoms with van der Waals surface area (Å²) in [4.78, 5) is 23.6. The highest BCUT2D eigenvalue weighted by Crippen LogP contribution is 2.52. The maximum absolute atomic E-state index is 11.8. The second kappa shape index (κ2) is 5.52. The van der Waals surface area contributed by atoms with E-state index in [1.165, 1.54) is 11.1 Å². The van der Waals surface area contributed by atoms with Gasteiger partial charge in [-0.05, 0) is 33.1 Å². The maximum atomic E-state index is 11.8. The van der Waals surface area contributed by atoms with Crippen molar-refractivity contribution in [1.29, 1.82) is 0 Å². The van der Waals surface area contributed by atoms with Crippen molar-refractivity contribution in [2.24, 2.45) is 11.8 Å². The van der Waals surface area contributed by atoms with Crippen molar-refractivity contribution < 1.29 is 19.1 Å². The summed E-state index contributed by atoms with van der Waals surface area (Å²) in [5, 5.41) is 0.202. The molecule has 4 nitrogen and oxygen atoms in total. The monoisotopic (exact) mass is 368 g/mol. The number of rotatable bonds is 2. The van der Waals surface area contributed by atoms with E-state index in [9.17, 15) is 9.59 Å². The molecule has 0 spiro atoms. The molecule has 0 radical (unpaired) electrons. The van der Waals surface area contributed by atoms with E-state index in [2.05, 4.69) is 29.4 Å². The molecular formula is C17H21BrO4. The summed E-state index contributed by atoms with van der Waals surface area (Å²) in [7, 11) is 0. The molecule has 3 aliphatic rings. The number of esters is 2. The lowest BCUT2D eigenvalue weighted by molar-refractivity contribution is -0.158. The molecular weight excluding hydrogens is 348 g/mol.